The van der Waals surface area contributed by atoms with Gasteiger partial charge in [-0.05, 0) is 12.3 Å². The van der Waals surface area contributed by atoms with Gasteiger partial charge in [0, 0.05) is 12.8 Å². The Hall–Kier alpha value is -0.370. The summed E-state index contributed by atoms with van der Waals surface area (Å²) in [7, 11) is 0. The third-order valence-corrected chi connectivity index (χ3v) is 2.28. The molecule has 1 rings (SSSR count). The number of aliphatic hydroxyl groups is 1. The average molecular weight is 156 g/mol. The fraction of sp³-hybridized carbons (Fsp3) is 0.889. The standard InChI is InChI=1S/C9H16O2/c1-2-3-7-4-8(10)6-9(11)5-7/h7-8,10H,2-6H2,1H3/t7-,8+/m1/s1. The maximum atomic E-state index is 11.0. The highest BCUT2D eigenvalue weighted by molar-refractivity contribution is 5.79. The largest absolute Gasteiger partial charge is 0.393 e. The molecule has 1 aliphatic rings. The molecule has 1 aliphatic carbocycles. The summed E-state index contributed by atoms with van der Waals surface area (Å²) in [5.41, 5.74) is 0. The van der Waals surface area contributed by atoms with Crippen LogP contribution in [0, 0.1) is 5.92 Å². The third-order valence-electron chi connectivity index (χ3n) is 2.28. The quantitative estimate of drug-likeness (QED) is 0.658. The molecular weight excluding hydrogens is 140 g/mol. The van der Waals surface area contributed by atoms with E-state index >= 15 is 0 Å². The highest BCUT2D eigenvalue weighted by atomic mass is 16.3. The molecule has 0 unspecified atom stereocenters. The number of carbonyl (C=O) groups excluding carboxylic acids is 1. The van der Waals surface area contributed by atoms with E-state index in [1.807, 2.05) is 0 Å². The number of carbonyl (C=O) groups is 1. The molecule has 0 bridgehead atoms. The Bertz CT molecular complexity index is 142. The minimum absolute atomic E-state index is 0.238. The molecule has 0 aromatic carbocycles. The molecule has 2 heteroatoms. The normalized spacial score (nSPS) is 32.4. The van der Waals surface area contributed by atoms with Gasteiger partial charge in [-0.15, -0.1) is 0 Å². The van der Waals surface area contributed by atoms with Crippen LogP contribution in [-0.2, 0) is 4.79 Å². The van der Waals surface area contributed by atoms with E-state index in [0.29, 0.717) is 18.8 Å². The van der Waals surface area contributed by atoms with Crippen molar-refractivity contribution in [3.05, 3.63) is 0 Å². The van der Waals surface area contributed by atoms with Gasteiger partial charge in [-0.3, -0.25) is 4.79 Å². The SMILES string of the molecule is CCC[C@H]1CC(=O)C[C@@H](O)C1. The molecule has 0 heterocycles. The molecule has 0 aromatic rings. The van der Waals surface area contributed by atoms with Gasteiger partial charge in [0.1, 0.15) is 5.78 Å². The first-order valence-corrected chi connectivity index (χ1v) is 4.42. The average Bonchev–Trinajstić information content (AvgIpc) is 1.85. The first-order chi connectivity index (χ1) is 5.22. The van der Waals surface area contributed by atoms with E-state index in [9.17, 15) is 9.90 Å². The predicted molar refractivity (Wildman–Crippen MR) is 43.3 cm³/mol. The summed E-state index contributed by atoms with van der Waals surface area (Å²) in [6.45, 7) is 2.12. The van der Waals surface area contributed by atoms with E-state index in [4.69, 9.17) is 0 Å². The van der Waals surface area contributed by atoms with E-state index in [0.717, 1.165) is 19.3 Å². The van der Waals surface area contributed by atoms with E-state index in [1.165, 1.54) is 0 Å². The molecule has 2 nitrogen and oxygen atoms in total. The molecule has 1 fully saturated rings. The molecular formula is C9H16O2. The molecule has 11 heavy (non-hydrogen) atoms. The van der Waals surface area contributed by atoms with Gasteiger partial charge >= 0.3 is 0 Å². The Balaban J connectivity index is 2.36. The maximum Gasteiger partial charge on any atom is 0.135 e. The van der Waals surface area contributed by atoms with Crippen molar-refractivity contribution in [1.82, 2.24) is 0 Å². The van der Waals surface area contributed by atoms with Crippen LogP contribution in [0.4, 0.5) is 0 Å². The van der Waals surface area contributed by atoms with Crippen LogP contribution in [0.5, 0.6) is 0 Å². The second kappa shape index (κ2) is 3.86. The Morgan fingerprint density at radius 3 is 2.82 bits per heavy atom. The Morgan fingerprint density at radius 2 is 2.27 bits per heavy atom. The number of rotatable bonds is 2. The van der Waals surface area contributed by atoms with Crippen molar-refractivity contribution < 1.29 is 9.90 Å². The second-order valence-corrected chi connectivity index (χ2v) is 3.49. The lowest BCUT2D eigenvalue weighted by molar-refractivity contribution is -0.124. The Labute approximate surface area is 67.6 Å². The fourth-order valence-corrected chi connectivity index (χ4v) is 1.85. The zero-order valence-electron chi connectivity index (χ0n) is 7.05. The smallest absolute Gasteiger partial charge is 0.135 e. The summed E-state index contributed by atoms with van der Waals surface area (Å²) in [5, 5.41) is 9.26. The van der Waals surface area contributed by atoms with Gasteiger partial charge in [-0.2, -0.15) is 0 Å². The van der Waals surface area contributed by atoms with E-state index in [1.54, 1.807) is 0 Å². The van der Waals surface area contributed by atoms with Crippen molar-refractivity contribution in [3.8, 4) is 0 Å². The van der Waals surface area contributed by atoms with Crippen molar-refractivity contribution >= 4 is 5.78 Å². The minimum atomic E-state index is -0.354. The van der Waals surface area contributed by atoms with Crippen LogP contribution >= 0.6 is 0 Å². The fourth-order valence-electron chi connectivity index (χ4n) is 1.85. The van der Waals surface area contributed by atoms with Crippen molar-refractivity contribution in [2.75, 3.05) is 0 Å². The number of hydrogen-bond acceptors (Lipinski definition) is 2. The first-order valence-electron chi connectivity index (χ1n) is 4.42. The van der Waals surface area contributed by atoms with Crippen molar-refractivity contribution in [2.45, 2.75) is 45.1 Å². The molecule has 0 amide bonds. The Morgan fingerprint density at radius 1 is 1.55 bits per heavy atom. The molecule has 1 saturated carbocycles. The maximum absolute atomic E-state index is 11.0. The van der Waals surface area contributed by atoms with Gasteiger partial charge in [0.05, 0.1) is 6.10 Å². The molecule has 0 radical (unpaired) electrons. The van der Waals surface area contributed by atoms with Gasteiger partial charge in [0.25, 0.3) is 0 Å². The number of hydrogen-bond donors (Lipinski definition) is 1. The van der Waals surface area contributed by atoms with Crippen LogP contribution in [-0.4, -0.2) is 17.0 Å². The van der Waals surface area contributed by atoms with E-state index in [-0.39, 0.29) is 11.9 Å². The van der Waals surface area contributed by atoms with Gasteiger partial charge in [0.15, 0.2) is 0 Å². The highest BCUT2D eigenvalue weighted by Gasteiger charge is 2.24. The van der Waals surface area contributed by atoms with Crippen LogP contribution in [0.2, 0.25) is 0 Å². The predicted octanol–water partition coefficient (Wildman–Crippen LogP) is 1.52. The van der Waals surface area contributed by atoms with Gasteiger partial charge < -0.3 is 5.11 Å². The van der Waals surface area contributed by atoms with Crippen LogP contribution in [0.25, 0.3) is 0 Å². The van der Waals surface area contributed by atoms with E-state index < -0.39 is 0 Å². The summed E-state index contributed by atoms with van der Waals surface area (Å²) >= 11 is 0. The molecule has 64 valence electrons. The molecule has 0 aliphatic heterocycles. The molecule has 0 spiro atoms. The van der Waals surface area contributed by atoms with Gasteiger partial charge in [-0.25, -0.2) is 0 Å². The lowest BCUT2D eigenvalue weighted by Crippen LogP contribution is -2.26. The second-order valence-electron chi connectivity index (χ2n) is 3.49. The lowest BCUT2D eigenvalue weighted by atomic mass is 9.84. The number of ketones is 1. The highest BCUT2D eigenvalue weighted by Crippen LogP contribution is 2.25. The molecule has 0 saturated heterocycles. The zero-order valence-corrected chi connectivity index (χ0v) is 7.05. The summed E-state index contributed by atoms with van der Waals surface area (Å²) in [6, 6.07) is 0. The zero-order chi connectivity index (χ0) is 8.27. The minimum Gasteiger partial charge on any atom is -0.393 e. The Kier molecular flexibility index (Phi) is 3.06. The molecule has 2 atom stereocenters. The van der Waals surface area contributed by atoms with Crippen LogP contribution in [0.15, 0.2) is 0 Å². The monoisotopic (exact) mass is 156 g/mol. The number of Topliss-reactive ketones (excluding diaryl/α,β-unsaturated/α-hetero) is 1. The van der Waals surface area contributed by atoms with Crippen molar-refractivity contribution in [1.29, 1.82) is 0 Å². The third kappa shape index (κ3) is 2.62. The molecule has 0 aromatic heterocycles. The summed E-state index contributed by atoms with van der Waals surface area (Å²) in [6.07, 6.45) is 3.77. The van der Waals surface area contributed by atoms with E-state index in [2.05, 4.69) is 6.92 Å². The number of aliphatic hydroxyl groups excluding tert-OH is 1. The molecule has 1 N–H and O–H groups in total. The summed E-state index contributed by atoms with van der Waals surface area (Å²) in [4.78, 5) is 11.0. The van der Waals surface area contributed by atoms with Crippen molar-refractivity contribution in [3.63, 3.8) is 0 Å². The topological polar surface area (TPSA) is 37.3 Å². The summed E-state index contributed by atoms with van der Waals surface area (Å²) < 4.78 is 0. The summed E-state index contributed by atoms with van der Waals surface area (Å²) in [5.74, 6) is 0.693. The van der Waals surface area contributed by atoms with Crippen molar-refractivity contribution in [2.24, 2.45) is 5.92 Å². The van der Waals surface area contributed by atoms with Gasteiger partial charge in [0.2, 0.25) is 0 Å². The van der Waals surface area contributed by atoms with Crippen LogP contribution < -0.4 is 0 Å². The first kappa shape index (κ1) is 8.72. The van der Waals surface area contributed by atoms with Gasteiger partial charge in [-0.1, -0.05) is 19.8 Å². The van der Waals surface area contributed by atoms with Crippen LogP contribution in [0.3, 0.4) is 0 Å². The lowest BCUT2D eigenvalue weighted by Gasteiger charge is -2.24. The van der Waals surface area contributed by atoms with Crippen LogP contribution in [0.1, 0.15) is 39.0 Å².